The molecule has 0 spiro atoms. The van der Waals surface area contributed by atoms with Crippen LogP contribution >= 0.6 is 11.3 Å². The third-order valence-electron chi connectivity index (χ3n) is 5.15. The maximum absolute atomic E-state index is 4.97. The van der Waals surface area contributed by atoms with Crippen molar-refractivity contribution in [3.8, 4) is 0 Å². The van der Waals surface area contributed by atoms with E-state index >= 15 is 0 Å². The van der Waals surface area contributed by atoms with Crippen molar-refractivity contribution in [3.63, 3.8) is 0 Å². The van der Waals surface area contributed by atoms with Crippen LogP contribution in [0.15, 0.2) is 0 Å². The summed E-state index contributed by atoms with van der Waals surface area (Å²) in [6.07, 6.45) is 7.61. The topological polar surface area (TPSA) is 24.9 Å². The Hall–Kier alpha value is -0.410. The van der Waals surface area contributed by atoms with Gasteiger partial charge in [-0.25, -0.2) is 4.98 Å². The van der Waals surface area contributed by atoms with E-state index in [2.05, 4.69) is 26.2 Å². The van der Waals surface area contributed by atoms with Gasteiger partial charge >= 0.3 is 0 Å². The van der Waals surface area contributed by atoms with Crippen LogP contribution in [-0.2, 0) is 18.4 Å². The standard InChI is InChI=1S/C15H24N2S/c1-10-7-8-15(16-3,9-11(10)2)14-17-12-5-4-6-13(12)18-14/h10-11,16H,4-9H2,1-3H3. The van der Waals surface area contributed by atoms with Crippen LogP contribution in [0.4, 0.5) is 0 Å². The van der Waals surface area contributed by atoms with Crippen LogP contribution in [0.2, 0.25) is 0 Å². The number of hydrogen-bond donors (Lipinski definition) is 1. The molecular weight excluding hydrogens is 240 g/mol. The highest BCUT2D eigenvalue weighted by Gasteiger charge is 2.41. The van der Waals surface area contributed by atoms with Crippen molar-refractivity contribution in [2.24, 2.45) is 11.8 Å². The minimum absolute atomic E-state index is 0.168. The molecule has 2 aliphatic rings. The SMILES string of the molecule is CNC1(c2nc3c(s2)CCC3)CCC(C)C(C)C1. The van der Waals surface area contributed by atoms with Gasteiger partial charge in [0.15, 0.2) is 0 Å². The molecule has 3 atom stereocenters. The second-order valence-corrected chi connectivity index (χ2v) is 7.36. The van der Waals surface area contributed by atoms with Gasteiger partial charge in [-0.1, -0.05) is 13.8 Å². The Balaban J connectivity index is 1.91. The molecule has 1 fully saturated rings. The van der Waals surface area contributed by atoms with Crippen molar-refractivity contribution in [1.82, 2.24) is 10.3 Å². The van der Waals surface area contributed by atoms with E-state index in [-0.39, 0.29) is 5.54 Å². The number of hydrogen-bond acceptors (Lipinski definition) is 3. The zero-order valence-electron chi connectivity index (χ0n) is 11.8. The lowest BCUT2D eigenvalue weighted by atomic mass is 9.71. The molecule has 3 rings (SSSR count). The molecule has 0 aromatic carbocycles. The van der Waals surface area contributed by atoms with E-state index in [1.165, 1.54) is 49.2 Å². The van der Waals surface area contributed by atoms with Gasteiger partial charge in [-0.3, -0.25) is 0 Å². The van der Waals surface area contributed by atoms with Gasteiger partial charge in [-0.15, -0.1) is 11.3 Å². The first-order valence-electron chi connectivity index (χ1n) is 7.32. The molecule has 0 aliphatic heterocycles. The predicted molar refractivity (Wildman–Crippen MR) is 77.1 cm³/mol. The average Bonchev–Trinajstić information content (AvgIpc) is 2.93. The summed E-state index contributed by atoms with van der Waals surface area (Å²) < 4.78 is 0. The van der Waals surface area contributed by atoms with Crippen molar-refractivity contribution >= 4 is 11.3 Å². The Kier molecular flexibility index (Phi) is 3.23. The van der Waals surface area contributed by atoms with E-state index < -0.39 is 0 Å². The van der Waals surface area contributed by atoms with E-state index in [0.717, 1.165) is 11.8 Å². The fourth-order valence-electron chi connectivity index (χ4n) is 3.53. The smallest absolute Gasteiger partial charge is 0.113 e. The second kappa shape index (κ2) is 4.61. The summed E-state index contributed by atoms with van der Waals surface area (Å²) >= 11 is 1.98. The summed E-state index contributed by atoms with van der Waals surface area (Å²) in [6.45, 7) is 4.79. The molecule has 1 heterocycles. The highest BCUT2D eigenvalue weighted by Crippen LogP contribution is 2.44. The minimum atomic E-state index is 0.168. The van der Waals surface area contributed by atoms with E-state index in [0.29, 0.717) is 0 Å². The Morgan fingerprint density at radius 1 is 1.28 bits per heavy atom. The third-order valence-corrected chi connectivity index (χ3v) is 6.51. The molecule has 1 aromatic heterocycles. The average molecular weight is 264 g/mol. The number of nitrogens with one attached hydrogen (secondary N) is 1. The molecule has 0 radical (unpaired) electrons. The van der Waals surface area contributed by atoms with Crippen molar-refractivity contribution in [2.75, 3.05) is 7.05 Å². The molecule has 0 saturated heterocycles. The van der Waals surface area contributed by atoms with Crippen molar-refractivity contribution in [1.29, 1.82) is 0 Å². The lowest BCUT2D eigenvalue weighted by Crippen LogP contribution is -2.45. The quantitative estimate of drug-likeness (QED) is 0.884. The Morgan fingerprint density at radius 3 is 2.78 bits per heavy atom. The minimum Gasteiger partial charge on any atom is -0.308 e. The summed E-state index contributed by atoms with van der Waals surface area (Å²) in [7, 11) is 2.12. The van der Waals surface area contributed by atoms with E-state index in [9.17, 15) is 0 Å². The van der Waals surface area contributed by atoms with Crippen LogP contribution in [0.1, 0.15) is 55.1 Å². The maximum atomic E-state index is 4.97. The zero-order valence-corrected chi connectivity index (χ0v) is 12.6. The summed E-state index contributed by atoms with van der Waals surface area (Å²) in [4.78, 5) is 6.53. The van der Waals surface area contributed by atoms with Crippen LogP contribution < -0.4 is 5.32 Å². The molecule has 1 aromatic rings. The van der Waals surface area contributed by atoms with E-state index in [4.69, 9.17) is 4.98 Å². The first-order chi connectivity index (χ1) is 8.64. The van der Waals surface area contributed by atoms with Crippen LogP contribution in [-0.4, -0.2) is 12.0 Å². The van der Waals surface area contributed by atoms with Gasteiger partial charge < -0.3 is 5.32 Å². The predicted octanol–water partition coefficient (Wildman–Crippen LogP) is 3.50. The molecular formula is C15H24N2S. The van der Waals surface area contributed by atoms with Crippen LogP contribution in [0.5, 0.6) is 0 Å². The highest BCUT2D eigenvalue weighted by atomic mass is 32.1. The van der Waals surface area contributed by atoms with Crippen molar-refractivity contribution in [2.45, 2.75) is 57.9 Å². The number of aromatic nitrogens is 1. The van der Waals surface area contributed by atoms with E-state index in [1.807, 2.05) is 11.3 Å². The number of thiazole rings is 1. The summed E-state index contributed by atoms with van der Waals surface area (Å²) in [5.41, 5.74) is 1.57. The summed E-state index contributed by atoms with van der Waals surface area (Å²) in [5, 5.41) is 4.99. The fourth-order valence-corrected chi connectivity index (χ4v) is 4.92. The summed E-state index contributed by atoms with van der Waals surface area (Å²) in [6, 6.07) is 0. The number of rotatable bonds is 2. The van der Waals surface area contributed by atoms with Gasteiger partial charge in [-0.2, -0.15) is 0 Å². The van der Waals surface area contributed by atoms with Gasteiger partial charge in [-0.05, 0) is 57.4 Å². The second-order valence-electron chi connectivity index (χ2n) is 6.27. The van der Waals surface area contributed by atoms with Crippen molar-refractivity contribution in [3.05, 3.63) is 15.6 Å². The lowest BCUT2D eigenvalue weighted by molar-refractivity contribution is 0.148. The first-order valence-corrected chi connectivity index (χ1v) is 8.14. The van der Waals surface area contributed by atoms with Crippen molar-refractivity contribution < 1.29 is 0 Å². The van der Waals surface area contributed by atoms with Crippen LogP contribution in [0, 0.1) is 11.8 Å². The van der Waals surface area contributed by atoms with Gasteiger partial charge in [0, 0.05) is 4.88 Å². The van der Waals surface area contributed by atoms with Gasteiger partial charge in [0.05, 0.1) is 11.2 Å². The molecule has 0 amide bonds. The Morgan fingerprint density at radius 2 is 2.11 bits per heavy atom. The zero-order chi connectivity index (χ0) is 12.8. The number of nitrogens with zero attached hydrogens (tertiary/aromatic N) is 1. The van der Waals surface area contributed by atoms with Gasteiger partial charge in [0.25, 0.3) is 0 Å². The van der Waals surface area contributed by atoms with E-state index in [1.54, 1.807) is 4.88 Å². The monoisotopic (exact) mass is 264 g/mol. The number of fused-ring (bicyclic) bond motifs is 1. The molecule has 3 unspecified atom stereocenters. The fraction of sp³-hybridized carbons (Fsp3) is 0.800. The van der Waals surface area contributed by atoms with Gasteiger partial charge in [0.2, 0.25) is 0 Å². The maximum Gasteiger partial charge on any atom is 0.113 e. The van der Waals surface area contributed by atoms with Crippen LogP contribution in [0.25, 0.3) is 0 Å². The first kappa shape index (κ1) is 12.6. The molecule has 100 valence electrons. The van der Waals surface area contributed by atoms with Crippen LogP contribution in [0.3, 0.4) is 0 Å². The molecule has 3 heteroatoms. The van der Waals surface area contributed by atoms with Gasteiger partial charge in [0.1, 0.15) is 5.01 Å². The molecule has 2 nitrogen and oxygen atoms in total. The summed E-state index contributed by atoms with van der Waals surface area (Å²) in [5.74, 6) is 1.66. The lowest BCUT2D eigenvalue weighted by Gasteiger charge is -2.41. The highest BCUT2D eigenvalue weighted by molar-refractivity contribution is 7.12. The normalized spacial score (nSPS) is 35.7. The molecule has 1 saturated carbocycles. The molecule has 2 aliphatic carbocycles. The third kappa shape index (κ3) is 1.92. The Bertz CT molecular complexity index is 418. The number of aryl methyl sites for hydroxylation is 2. The molecule has 18 heavy (non-hydrogen) atoms. The molecule has 0 bridgehead atoms. The molecule has 1 N–H and O–H groups in total. The Labute approximate surface area is 114 Å². The largest absolute Gasteiger partial charge is 0.308 e.